The van der Waals surface area contributed by atoms with Gasteiger partial charge in [0.25, 0.3) is 0 Å². The first-order valence-corrected chi connectivity index (χ1v) is 10.1. The van der Waals surface area contributed by atoms with Gasteiger partial charge >= 0.3 is 0 Å². The molecule has 0 aromatic heterocycles. The number of hydrogen-bond donors (Lipinski definition) is 1. The van der Waals surface area contributed by atoms with Gasteiger partial charge in [0.1, 0.15) is 12.4 Å². The Hall–Kier alpha value is -1.62. The Labute approximate surface area is 171 Å². The third-order valence-electron chi connectivity index (χ3n) is 4.20. The van der Waals surface area contributed by atoms with Gasteiger partial charge in [-0.15, -0.1) is 0 Å². The summed E-state index contributed by atoms with van der Waals surface area (Å²) in [7, 11) is 0. The number of hydrogen-bond acceptors (Lipinski definition) is 2. The highest BCUT2D eigenvalue weighted by Gasteiger charge is 2.11. The molecule has 134 valence electrons. The van der Waals surface area contributed by atoms with Crippen LogP contribution in [-0.2, 0) is 13.2 Å². The molecule has 0 aliphatic heterocycles. The molecule has 3 rings (SSSR count). The standard InChI is InChI=1S/C22H21Br2NO/c1-16(19-10-6-3-7-11-19)25-14-18-12-20(23)22(21(24)13-18)26-15-17-8-4-2-5-9-17/h2-13,16,25H,14-15H2,1H3/t16-/m0/s1. The molecule has 0 spiro atoms. The fourth-order valence-electron chi connectivity index (χ4n) is 2.71. The second-order valence-electron chi connectivity index (χ2n) is 6.18. The van der Waals surface area contributed by atoms with Crippen molar-refractivity contribution in [3.63, 3.8) is 0 Å². The van der Waals surface area contributed by atoms with Crippen molar-refractivity contribution in [2.45, 2.75) is 26.1 Å². The fourth-order valence-corrected chi connectivity index (χ4v) is 4.22. The Morgan fingerprint density at radius 1 is 0.846 bits per heavy atom. The molecule has 4 heteroatoms. The molecule has 0 heterocycles. The summed E-state index contributed by atoms with van der Waals surface area (Å²) in [6.45, 7) is 3.50. The average molecular weight is 475 g/mol. The van der Waals surface area contributed by atoms with Gasteiger partial charge in [-0.3, -0.25) is 0 Å². The van der Waals surface area contributed by atoms with Gasteiger partial charge in [0, 0.05) is 12.6 Å². The molecule has 0 saturated heterocycles. The summed E-state index contributed by atoms with van der Waals surface area (Å²) in [6.07, 6.45) is 0. The number of nitrogens with one attached hydrogen (secondary N) is 1. The maximum Gasteiger partial charge on any atom is 0.148 e. The molecule has 0 aliphatic rings. The zero-order chi connectivity index (χ0) is 18.4. The van der Waals surface area contributed by atoms with Gasteiger partial charge in [0.05, 0.1) is 8.95 Å². The zero-order valence-corrected chi connectivity index (χ0v) is 17.8. The number of benzene rings is 3. The van der Waals surface area contributed by atoms with Crippen molar-refractivity contribution < 1.29 is 4.74 Å². The summed E-state index contributed by atoms with van der Waals surface area (Å²) in [4.78, 5) is 0. The smallest absolute Gasteiger partial charge is 0.148 e. The molecule has 1 N–H and O–H groups in total. The highest BCUT2D eigenvalue weighted by molar-refractivity contribution is 9.11. The molecule has 3 aromatic carbocycles. The lowest BCUT2D eigenvalue weighted by Crippen LogP contribution is -2.18. The van der Waals surface area contributed by atoms with Gasteiger partial charge in [-0.2, -0.15) is 0 Å². The van der Waals surface area contributed by atoms with Crippen molar-refractivity contribution in [1.29, 1.82) is 0 Å². The van der Waals surface area contributed by atoms with E-state index in [1.165, 1.54) is 11.1 Å². The molecule has 0 bridgehead atoms. The molecule has 2 nitrogen and oxygen atoms in total. The van der Waals surface area contributed by atoms with E-state index in [0.29, 0.717) is 12.6 Å². The van der Waals surface area contributed by atoms with Crippen LogP contribution in [-0.4, -0.2) is 0 Å². The van der Waals surface area contributed by atoms with Crippen molar-refractivity contribution >= 4 is 31.9 Å². The van der Waals surface area contributed by atoms with Crippen molar-refractivity contribution in [3.05, 3.63) is 98.4 Å². The topological polar surface area (TPSA) is 21.3 Å². The van der Waals surface area contributed by atoms with Crippen LogP contribution >= 0.6 is 31.9 Å². The SMILES string of the molecule is C[C@H](NCc1cc(Br)c(OCc2ccccc2)c(Br)c1)c1ccccc1. The molecule has 3 aromatic rings. The molecule has 0 radical (unpaired) electrons. The van der Waals surface area contributed by atoms with Crippen molar-refractivity contribution in [1.82, 2.24) is 5.32 Å². The van der Waals surface area contributed by atoms with Crippen molar-refractivity contribution in [3.8, 4) is 5.75 Å². The van der Waals surface area contributed by atoms with Gasteiger partial charge in [0.2, 0.25) is 0 Å². The molecule has 0 fully saturated rings. The van der Waals surface area contributed by atoms with E-state index in [4.69, 9.17) is 4.74 Å². The molecule has 0 amide bonds. The van der Waals surface area contributed by atoms with Crippen LogP contribution in [0.1, 0.15) is 29.7 Å². The minimum Gasteiger partial charge on any atom is -0.487 e. The number of rotatable bonds is 7. The quantitative estimate of drug-likeness (QED) is 0.414. The summed E-state index contributed by atoms with van der Waals surface area (Å²) in [5.41, 5.74) is 3.63. The molecule has 0 unspecified atom stereocenters. The van der Waals surface area contributed by atoms with Crippen molar-refractivity contribution in [2.75, 3.05) is 0 Å². The summed E-state index contributed by atoms with van der Waals surface area (Å²) < 4.78 is 7.89. The highest BCUT2D eigenvalue weighted by atomic mass is 79.9. The second kappa shape index (κ2) is 9.36. The second-order valence-corrected chi connectivity index (χ2v) is 7.88. The largest absolute Gasteiger partial charge is 0.487 e. The van der Waals surface area contributed by atoms with Crippen LogP contribution < -0.4 is 10.1 Å². The Kier molecular flexibility index (Phi) is 6.89. The maximum absolute atomic E-state index is 5.99. The Bertz CT molecular complexity index is 814. The average Bonchev–Trinajstić information content (AvgIpc) is 2.67. The Morgan fingerprint density at radius 2 is 1.42 bits per heavy atom. The van der Waals surface area contributed by atoms with Crippen LogP contribution in [0.2, 0.25) is 0 Å². The van der Waals surface area contributed by atoms with E-state index in [-0.39, 0.29) is 0 Å². The normalized spacial score (nSPS) is 12.0. The van der Waals surface area contributed by atoms with E-state index in [1.807, 2.05) is 24.3 Å². The van der Waals surface area contributed by atoms with Crippen LogP contribution in [0.15, 0.2) is 81.7 Å². The first-order valence-electron chi connectivity index (χ1n) is 8.56. The third-order valence-corrected chi connectivity index (χ3v) is 5.37. The first-order chi connectivity index (χ1) is 12.6. The predicted molar refractivity (Wildman–Crippen MR) is 114 cm³/mol. The van der Waals surface area contributed by atoms with Gasteiger partial charge < -0.3 is 10.1 Å². The van der Waals surface area contributed by atoms with E-state index in [1.54, 1.807) is 0 Å². The minimum atomic E-state index is 0.294. The summed E-state index contributed by atoms with van der Waals surface area (Å²) in [6, 6.07) is 25.1. The molecule has 1 atom stereocenters. The number of halogens is 2. The summed E-state index contributed by atoms with van der Waals surface area (Å²) in [5.74, 6) is 0.828. The molecule has 0 saturated carbocycles. The van der Waals surface area contributed by atoms with Crippen LogP contribution in [0.5, 0.6) is 5.75 Å². The first kappa shape index (κ1) is 19.2. The summed E-state index contributed by atoms with van der Waals surface area (Å²) in [5, 5.41) is 3.56. The zero-order valence-electron chi connectivity index (χ0n) is 14.6. The molecule has 26 heavy (non-hydrogen) atoms. The summed E-state index contributed by atoms with van der Waals surface area (Å²) >= 11 is 7.28. The van der Waals surface area contributed by atoms with E-state index < -0.39 is 0 Å². The molecule has 0 aliphatic carbocycles. The van der Waals surface area contributed by atoms with E-state index in [0.717, 1.165) is 26.8 Å². The predicted octanol–water partition coefficient (Wildman–Crippen LogP) is 6.64. The van der Waals surface area contributed by atoms with Crippen molar-refractivity contribution in [2.24, 2.45) is 0 Å². The Morgan fingerprint density at radius 3 is 2.04 bits per heavy atom. The lowest BCUT2D eigenvalue weighted by molar-refractivity contribution is 0.302. The van der Waals surface area contributed by atoms with Gasteiger partial charge in [0.15, 0.2) is 0 Å². The van der Waals surface area contributed by atoms with Crippen LogP contribution in [0.25, 0.3) is 0 Å². The molecular formula is C22H21Br2NO. The van der Waals surface area contributed by atoms with Crippen LogP contribution in [0, 0.1) is 0 Å². The van der Waals surface area contributed by atoms with E-state index in [9.17, 15) is 0 Å². The maximum atomic E-state index is 5.99. The lowest BCUT2D eigenvalue weighted by Gasteiger charge is -2.16. The lowest BCUT2D eigenvalue weighted by atomic mass is 10.1. The number of ether oxygens (including phenoxy) is 1. The van der Waals surface area contributed by atoms with Gasteiger partial charge in [-0.1, -0.05) is 60.7 Å². The van der Waals surface area contributed by atoms with E-state index in [2.05, 4.69) is 92.6 Å². The third kappa shape index (κ3) is 5.19. The van der Waals surface area contributed by atoms with E-state index >= 15 is 0 Å². The monoisotopic (exact) mass is 473 g/mol. The van der Waals surface area contributed by atoms with Gasteiger partial charge in [-0.25, -0.2) is 0 Å². The fraction of sp³-hybridized carbons (Fsp3) is 0.182. The highest BCUT2D eigenvalue weighted by Crippen LogP contribution is 2.35. The van der Waals surface area contributed by atoms with Crippen LogP contribution in [0.4, 0.5) is 0 Å². The minimum absolute atomic E-state index is 0.294. The van der Waals surface area contributed by atoms with Gasteiger partial charge in [-0.05, 0) is 67.6 Å². The van der Waals surface area contributed by atoms with Crippen LogP contribution in [0.3, 0.4) is 0 Å². The molecular weight excluding hydrogens is 454 g/mol. The Balaban J connectivity index is 1.63.